The van der Waals surface area contributed by atoms with Crippen LogP contribution >= 0.6 is 10.6 Å². The summed E-state index contributed by atoms with van der Waals surface area (Å²) >= 11 is 0. The Bertz CT molecular complexity index is 1430. The number of hydrogen-bond donors (Lipinski definition) is 4. The summed E-state index contributed by atoms with van der Waals surface area (Å²) in [4.78, 5) is 23.6. The van der Waals surface area contributed by atoms with Crippen molar-refractivity contribution in [2.24, 2.45) is 0 Å². The van der Waals surface area contributed by atoms with Gasteiger partial charge in [0.15, 0.2) is 5.82 Å². The third-order valence-corrected chi connectivity index (χ3v) is 10.6. The molecule has 1 saturated heterocycles. The van der Waals surface area contributed by atoms with Crippen LogP contribution in [0.2, 0.25) is 0 Å². The number of aromatic nitrogens is 4. The van der Waals surface area contributed by atoms with Crippen molar-refractivity contribution >= 4 is 28.1 Å². The molecule has 2 fully saturated rings. The second kappa shape index (κ2) is 11.2. The number of carbonyl (C=O) groups excluding carboxylic acids is 1. The average Bonchev–Trinajstić information content (AvgIpc) is 3.73. The second-order valence-electron chi connectivity index (χ2n) is 10.3. The Morgan fingerprint density at radius 1 is 1.22 bits per heavy atom. The van der Waals surface area contributed by atoms with Crippen molar-refractivity contribution in [1.29, 1.82) is 0 Å². The van der Waals surface area contributed by atoms with Gasteiger partial charge in [-0.15, -0.1) is 0 Å². The molecule has 5 rings (SSSR count). The van der Waals surface area contributed by atoms with Crippen LogP contribution in [0.4, 0.5) is 25.1 Å². The van der Waals surface area contributed by atoms with Gasteiger partial charge in [0.2, 0.25) is 0 Å². The number of alkyl halides is 2. The van der Waals surface area contributed by atoms with E-state index in [1.807, 2.05) is 0 Å². The number of nitrogens with zero attached hydrogens (tertiary/aromatic N) is 5. The molecule has 4 N–H and O–H groups in total. The fourth-order valence-electron chi connectivity index (χ4n) is 5.38. The first-order valence-electron chi connectivity index (χ1n) is 13.5. The molecule has 0 unspecified atom stereocenters. The highest BCUT2D eigenvalue weighted by Gasteiger charge is 2.59. The van der Waals surface area contributed by atoms with Crippen LogP contribution in [0.1, 0.15) is 49.8 Å². The lowest BCUT2D eigenvalue weighted by atomic mass is 10.1. The van der Waals surface area contributed by atoms with Crippen LogP contribution in [-0.2, 0) is 9.48 Å². The second-order valence-corrected chi connectivity index (χ2v) is 12.6. The molecule has 14 heteroatoms. The van der Waals surface area contributed by atoms with Crippen molar-refractivity contribution in [2.45, 2.75) is 62.3 Å². The third kappa shape index (κ3) is 5.25. The van der Waals surface area contributed by atoms with E-state index in [1.165, 1.54) is 20.9 Å². The van der Waals surface area contributed by atoms with Gasteiger partial charge in [-0.25, -0.2) is 19.4 Å². The molecule has 0 spiro atoms. The zero-order chi connectivity index (χ0) is 29.5. The van der Waals surface area contributed by atoms with Crippen molar-refractivity contribution in [3.8, 4) is 11.4 Å². The first-order valence-corrected chi connectivity index (χ1v) is 15.0. The molecule has 1 aliphatic carbocycles. The fraction of sp³-hybridized carbons (Fsp3) is 0.481. The van der Waals surface area contributed by atoms with Gasteiger partial charge in [-0.2, -0.15) is 24.5 Å². The maximum absolute atomic E-state index is 13.6. The molecule has 1 aliphatic heterocycles. The van der Waals surface area contributed by atoms with Crippen LogP contribution in [0.25, 0.3) is 11.4 Å². The zero-order valence-electron chi connectivity index (χ0n) is 23.4. The van der Waals surface area contributed by atoms with Gasteiger partial charge in [0, 0.05) is 30.9 Å². The summed E-state index contributed by atoms with van der Waals surface area (Å²) in [5.74, 6) is 1.01. The monoisotopic (exact) mass is 591 g/mol. The smallest absolute Gasteiger partial charge is 0.333 e. The molecule has 41 heavy (non-hydrogen) atoms. The summed E-state index contributed by atoms with van der Waals surface area (Å²) in [5.41, 5.74) is 1.87. The lowest BCUT2D eigenvalue weighted by Crippen LogP contribution is -2.45. The molecule has 2 amide bonds. The van der Waals surface area contributed by atoms with E-state index >= 15 is 0 Å². The largest absolute Gasteiger partial charge is 0.377 e. The summed E-state index contributed by atoms with van der Waals surface area (Å²) in [5, 5.41) is 9.12. The van der Waals surface area contributed by atoms with E-state index < -0.39 is 21.9 Å². The molecule has 11 nitrogen and oxygen atoms in total. The van der Waals surface area contributed by atoms with Crippen LogP contribution in [0.5, 0.6) is 0 Å². The molecule has 2 aliphatic rings. The highest BCUT2D eigenvalue weighted by atomic mass is 32.3. The van der Waals surface area contributed by atoms with Crippen LogP contribution in [-0.4, -0.2) is 67.7 Å². The number of ether oxygens (including phenoxy) is 1. The van der Waals surface area contributed by atoms with E-state index in [-0.39, 0.29) is 28.4 Å². The van der Waals surface area contributed by atoms with E-state index in [2.05, 4.69) is 27.6 Å². The minimum absolute atomic E-state index is 0.0247. The number of benzene rings is 1. The van der Waals surface area contributed by atoms with Gasteiger partial charge in [0.05, 0.1) is 36.3 Å². The Hall–Kier alpha value is -3.33. The van der Waals surface area contributed by atoms with Crippen LogP contribution in [0.3, 0.4) is 0 Å². The number of nitrogens with one attached hydrogen (secondary N) is 2. The lowest BCUT2D eigenvalue weighted by molar-refractivity contribution is 0.0538. The summed E-state index contributed by atoms with van der Waals surface area (Å²) in [7, 11) is -2.12. The predicted octanol–water partition coefficient (Wildman–Crippen LogP) is 5.52. The highest BCUT2D eigenvalue weighted by molar-refractivity contribution is 8.25. The number of hydrogen-bond acceptors (Lipinski definition) is 8. The summed E-state index contributed by atoms with van der Waals surface area (Å²) < 4.78 is 55.9. The maximum Gasteiger partial charge on any atom is 0.333 e. The molecule has 1 saturated carbocycles. The predicted molar refractivity (Wildman–Crippen MR) is 153 cm³/mol. The molecule has 1 atom stereocenters. The number of anilines is 2. The molecule has 0 radical (unpaired) electrons. The Kier molecular flexibility index (Phi) is 7.94. The zero-order valence-corrected chi connectivity index (χ0v) is 24.2. The van der Waals surface area contributed by atoms with Crippen molar-refractivity contribution < 1.29 is 27.4 Å². The van der Waals surface area contributed by atoms with Gasteiger partial charge >= 0.3 is 12.6 Å². The van der Waals surface area contributed by atoms with Gasteiger partial charge < -0.3 is 20.3 Å². The van der Waals surface area contributed by atoms with Gasteiger partial charge in [-0.3, -0.25) is 9.11 Å². The van der Waals surface area contributed by atoms with E-state index in [4.69, 9.17) is 14.7 Å². The van der Waals surface area contributed by atoms with Crippen molar-refractivity contribution in [1.82, 2.24) is 25.1 Å². The number of carbonyl (C=O) groups is 1. The molecule has 3 aromatic rings. The quantitative estimate of drug-likeness (QED) is 0.269. The Morgan fingerprint density at radius 2 is 1.93 bits per heavy atom. The number of aryl methyl sites for hydroxylation is 1. The van der Waals surface area contributed by atoms with E-state index in [0.29, 0.717) is 65.9 Å². The first-order chi connectivity index (χ1) is 19.5. The van der Waals surface area contributed by atoms with Gasteiger partial charge in [-0.05, 0) is 57.4 Å². The lowest BCUT2D eigenvalue weighted by Gasteiger charge is -2.41. The van der Waals surface area contributed by atoms with Crippen LogP contribution in [0.15, 0.2) is 35.2 Å². The molecule has 3 heterocycles. The summed E-state index contributed by atoms with van der Waals surface area (Å²) in [6, 6.07) is 8.54. The highest BCUT2D eigenvalue weighted by Crippen LogP contribution is 2.76. The molecule has 0 bridgehead atoms. The number of rotatable bonds is 8. The number of urea groups is 1. The van der Waals surface area contributed by atoms with E-state index in [1.54, 1.807) is 30.3 Å². The molecular weight excluding hydrogens is 556 g/mol. The van der Waals surface area contributed by atoms with Gasteiger partial charge in [-0.1, -0.05) is 6.92 Å². The summed E-state index contributed by atoms with van der Waals surface area (Å²) in [6.45, 7) is 3.77. The van der Waals surface area contributed by atoms with Crippen LogP contribution in [0, 0.1) is 13.8 Å². The first kappa shape index (κ1) is 29.2. The SMILES string of the molecule is CC[C@H]1COCCN1c1cc(C2(S(O)(O)c3c(C)nn(C(F)F)c3C)CC2)nc(-c2ccc(NC(=O)NC)cc2)n1. The topological polar surface area (TPSA) is 138 Å². The van der Waals surface area contributed by atoms with Crippen molar-refractivity contribution in [3.05, 3.63) is 47.4 Å². The number of morpholine rings is 1. The van der Waals surface area contributed by atoms with Gasteiger partial charge in [0.25, 0.3) is 0 Å². The van der Waals surface area contributed by atoms with E-state index in [9.17, 15) is 22.7 Å². The Morgan fingerprint density at radius 3 is 2.51 bits per heavy atom. The minimum Gasteiger partial charge on any atom is -0.377 e. The number of halogens is 2. The fourth-order valence-corrected chi connectivity index (χ4v) is 7.80. The normalized spacial score (nSPS) is 18.9. The van der Waals surface area contributed by atoms with Gasteiger partial charge in [0.1, 0.15) is 15.5 Å². The molecule has 1 aromatic carbocycles. The van der Waals surface area contributed by atoms with Crippen LogP contribution < -0.4 is 15.5 Å². The summed E-state index contributed by atoms with van der Waals surface area (Å²) in [6.07, 6.45) is 1.65. The number of amides is 2. The Balaban J connectivity index is 1.62. The van der Waals surface area contributed by atoms with Crippen molar-refractivity contribution in [2.75, 3.05) is 37.0 Å². The van der Waals surface area contributed by atoms with E-state index in [0.717, 1.165) is 6.42 Å². The standard InChI is InChI=1S/C27H35F2N7O4S/c1-5-20-15-40-13-12-35(20)22-14-21(32-24(33-22)18-6-8-19(9-7-18)31-26(37)30-4)27(10-11-27)41(38,39)23-16(2)34-36(17(23)3)25(28)29/h6-9,14,20,25,38-39H,5,10-13,15H2,1-4H3,(H2,30,31,37)/t20-/m0/s1. The molecular formula is C27H35F2N7O4S. The molecule has 2 aromatic heterocycles. The molecule has 222 valence electrons. The average molecular weight is 592 g/mol. The Labute approximate surface area is 238 Å². The minimum atomic E-state index is -3.65. The third-order valence-electron chi connectivity index (χ3n) is 7.78. The maximum atomic E-state index is 13.6. The van der Waals surface area contributed by atoms with Crippen molar-refractivity contribution in [3.63, 3.8) is 0 Å².